The summed E-state index contributed by atoms with van der Waals surface area (Å²) in [5, 5.41) is 3.76. The van der Waals surface area contributed by atoms with Gasteiger partial charge in [0.15, 0.2) is 0 Å². The van der Waals surface area contributed by atoms with Gasteiger partial charge in [-0.1, -0.05) is 6.42 Å². The van der Waals surface area contributed by atoms with Crippen LogP contribution < -0.4 is 10.2 Å². The van der Waals surface area contributed by atoms with Crippen LogP contribution in [0.15, 0.2) is 17.4 Å². The average molecular weight is 343 g/mol. The summed E-state index contributed by atoms with van der Waals surface area (Å²) in [7, 11) is 0. The zero-order valence-electron chi connectivity index (χ0n) is 12.9. The van der Waals surface area contributed by atoms with Crippen LogP contribution in [0.3, 0.4) is 0 Å². The summed E-state index contributed by atoms with van der Waals surface area (Å²) in [6.07, 6.45) is -1.90. The van der Waals surface area contributed by atoms with Crippen LogP contribution in [0.4, 0.5) is 18.0 Å². The Labute approximate surface area is 136 Å². The van der Waals surface area contributed by atoms with E-state index in [1.54, 1.807) is 0 Å². The highest BCUT2D eigenvalue weighted by Gasteiger charge is 2.37. The number of pyridine rings is 1. The Morgan fingerprint density at radius 1 is 1.42 bits per heavy atom. The molecule has 1 aliphatic carbocycles. The molecule has 6 nitrogen and oxygen atoms in total. The van der Waals surface area contributed by atoms with Crippen LogP contribution in [0.2, 0.25) is 0 Å². The van der Waals surface area contributed by atoms with Gasteiger partial charge in [0, 0.05) is 11.8 Å². The number of ether oxygens (including phenoxy) is 2. The molecule has 1 saturated carbocycles. The molecule has 1 fully saturated rings. The zero-order chi connectivity index (χ0) is 17.3. The van der Waals surface area contributed by atoms with E-state index < -0.39 is 29.8 Å². The van der Waals surface area contributed by atoms with Crippen LogP contribution in [0, 0.1) is 5.92 Å². The first-order chi connectivity index (χ1) is 11.3. The summed E-state index contributed by atoms with van der Waals surface area (Å²) >= 11 is 0. The van der Waals surface area contributed by atoms with E-state index in [1.165, 1.54) is 13.1 Å². The van der Waals surface area contributed by atoms with Crippen molar-refractivity contribution in [1.29, 1.82) is 0 Å². The van der Waals surface area contributed by atoms with E-state index in [9.17, 15) is 18.0 Å². The maximum Gasteiger partial charge on any atom is 0.428 e. The third-order valence-electron chi connectivity index (χ3n) is 4.07. The Morgan fingerprint density at radius 2 is 2.17 bits per heavy atom. The van der Waals surface area contributed by atoms with Crippen molar-refractivity contribution in [3.8, 4) is 5.88 Å². The van der Waals surface area contributed by atoms with Gasteiger partial charge in [-0.15, -0.1) is 0 Å². The third kappa shape index (κ3) is 3.44. The molecule has 9 heteroatoms. The van der Waals surface area contributed by atoms with Crippen LogP contribution in [-0.4, -0.2) is 29.5 Å². The minimum atomic E-state index is -4.61. The smallest absolute Gasteiger partial charge is 0.428 e. The van der Waals surface area contributed by atoms with Crippen molar-refractivity contribution in [3.63, 3.8) is 0 Å². The Hall–Kier alpha value is -2.32. The molecule has 2 aliphatic rings. The summed E-state index contributed by atoms with van der Waals surface area (Å²) in [6, 6.07) is 0.916. The number of amides is 1. The molecule has 1 N–H and O–H groups in total. The number of hydrogen-bond donors (Lipinski definition) is 1. The van der Waals surface area contributed by atoms with Gasteiger partial charge in [0.1, 0.15) is 17.4 Å². The lowest BCUT2D eigenvalue weighted by atomic mass is 9.86. The topological polar surface area (TPSA) is 72.8 Å². The van der Waals surface area contributed by atoms with Crippen molar-refractivity contribution < 1.29 is 27.4 Å². The second kappa shape index (κ2) is 6.29. The number of alkyl halides is 3. The lowest BCUT2D eigenvalue weighted by Crippen LogP contribution is -2.37. The Kier molecular flexibility index (Phi) is 4.33. The number of carbonyl (C=O) groups excluding carboxylic acids is 1. The molecule has 24 heavy (non-hydrogen) atoms. The zero-order valence-corrected chi connectivity index (χ0v) is 12.9. The van der Waals surface area contributed by atoms with Crippen LogP contribution in [-0.2, 0) is 10.9 Å². The standard InChI is InChI=1S/C15H16F3N3O3/c1-8-12(20-21-14(22)24-8)10-5-11(15(16,17)18)13(19-6-10)23-7-9-3-2-4-9/h5-6,8-9H,2-4,7H2,1H3,(H,21,22). The van der Waals surface area contributed by atoms with Gasteiger partial charge in [-0.2, -0.15) is 18.3 Å². The molecule has 1 unspecified atom stereocenters. The van der Waals surface area contributed by atoms with Gasteiger partial charge in [0.05, 0.1) is 6.61 Å². The molecule has 130 valence electrons. The highest BCUT2D eigenvalue weighted by atomic mass is 19.4. The quantitative estimate of drug-likeness (QED) is 0.912. The molecular weight excluding hydrogens is 327 g/mol. The maximum atomic E-state index is 13.3. The molecule has 0 aromatic carbocycles. The molecule has 0 bridgehead atoms. The number of aromatic nitrogens is 1. The van der Waals surface area contributed by atoms with Crippen LogP contribution in [0.5, 0.6) is 5.88 Å². The first kappa shape index (κ1) is 16.5. The highest BCUT2D eigenvalue weighted by molar-refractivity contribution is 6.05. The fourth-order valence-corrected chi connectivity index (χ4v) is 2.51. The van der Waals surface area contributed by atoms with Crippen molar-refractivity contribution in [2.45, 2.75) is 38.5 Å². The highest BCUT2D eigenvalue weighted by Crippen LogP contribution is 2.37. The summed E-state index contributed by atoms with van der Waals surface area (Å²) in [4.78, 5) is 14.9. The molecule has 1 aromatic heterocycles. The molecule has 0 saturated heterocycles. The van der Waals surface area contributed by atoms with Gasteiger partial charge in [-0.25, -0.2) is 15.2 Å². The van der Waals surface area contributed by atoms with Gasteiger partial charge >= 0.3 is 12.3 Å². The van der Waals surface area contributed by atoms with Gasteiger partial charge in [-0.05, 0) is 31.7 Å². The van der Waals surface area contributed by atoms with E-state index in [0.29, 0.717) is 5.92 Å². The third-order valence-corrected chi connectivity index (χ3v) is 4.07. The lowest BCUT2D eigenvalue weighted by Gasteiger charge is -2.26. The molecule has 1 aliphatic heterocycles. The Balaban J connectivity index is 1.88. The fourth-order valence-electron chi connectivity index (χ4n) is 2.51. The second-order valence-electron chi connectivity index (χ2n) is 5.84. The second-order valence-corrected chi connectivity index (χ2v) is 5.84. The number of halogens is 3. The number of rotatable bonds is 4. The van der Waals surface area contributed by atoms with Gasteiger partial charge in [0.2, 0.25) is 5.88 Å². The normalized spacial score (nSPS) is 21.4. The number of nitrogens with one attached hydrogen (secondary N) is 1. The first-order valence-corrected chi connectivity index (χ1v) is 7.59. The lowest BCUT2D eigenvalue weighted by molar-refractivity contribution is -0.139. The monoisotopic (exact) mass is 343 g/mol. The molecule has 0 radical (unpaired) electrons. The molecule has 1 aromatic rings. The summed E-state index contributed by atoms with van der Waals surface area (Å²) < 4.78 is 50.1. The fraction of sp³-hybridized carbons (Fsp3) is 0.533. The largest absolute Gasteiger partial charge is 0.477 e. The average Bonchev–Trinajstić information content (AvgIpc) is 2.45. The molecule has 0 spiro atoms. The van der Waals surface area contributed by atoms with E-state index in [0.717, 1.165) is 25.3 Å². The number of hydrazone groups is 1. The predicted octanol–water partition coefficient (Wildman–Crippen LogP) is 3.11. The SMILES string of the molecule is CC1OC(=O)NN=C1c1cnc(OCC2CCC2)c(C(F)(F)F)c1. The minimum Gasteiger partial charge on any atom is -0.477 e. The van der Waals surface area contributed by atoms with Crippen LogP contribution >= 0.6 is 0 Å². The van der Waals surface area contributed by atoms with E-state index in [-0.39, 0.29) is 17.9 Å². The van der Waals surface area contributed by atoms with Crippen molar-refractivity contribution in [2.24, 2.45) is 11.0 Å². The summed E-state index contributed by atoms with van der Waals surface area (Å²) in [5.74, 6) is -0.147. The number of cyclic esters (lactones) is 1. The van der Waals surface area contributed by atoms with Gasteiger partial charge < -0.3 is 9.47 Å². The van der Waals surface area contributed by atoms with Crippen molar-refractivity contribution in [3.05, 3.63) is 23.4 Å². The number of carbonyl (C=O) groups is 1. The van der Waals surface area contributed by atoms with E-state index >= 15 is 0 Å². The Bertz CT molecular complexity index is 672. The Morgan fingerprint density at radius 3 is 2.75 bits per heavy atom. The van der Waals surface area contributed by atoms with Crippen molar-refractivity contribution in [2.75, 3.05) is 6.61 Å². The number of hydrogen-bond acceptors (Lipinski definition) is 5. The number of nitrogens with zero attached hydrogens (tertiary/aromatic N) is 2. The van der Waals surface area contributed by atoms with Gasteiger partial charge in [0.25, 0.3) is 0 Å². The molecule has 3 rings (SSSR count). The van der Waals surface area contributed by atoms with E-state index in [2.05, 4.69) is 15.5 Å². The van der Waals surface area contributed by atoms with Crippen molar-refractivity contribution >= 4 is 11.8 Å². The van der Waals surface area contributed by atoms with E-state index in [1.807, 2.05) is 0 Å². The maximum absolute atomic E-state index is 13.3. The van der Waals surface area contributed by atoms with Crippen LogP contribution in [0.25, 0.3) is 0 Å². The summed E-state index contributed by atoms with van der Waals surface area (Å²) in [5.41, 5.74) is 1.39. The summed E-state index contributed by atoms with van der Waals surface area (Å²) in [6.45, 7) is 1.75. The van der Waals surface area contributed by atoms with Crippen LogP contribution in [0.1, 0.15) is 37.3 Å². The molecule has 1 atom stereocenters. The molecule has 2 heterocycles. The molecular formula is C15H16F3N3O3. The minimum absolute atomic E-state index is 0.116. The van der Waals surface area contributed by atoms with E-state index in [4.69, 9.17) is 9.47 Å². The predicted molar refractivity (Wildman–Crippen MR) is 77.7 cm³/mol. The van der Waals surface area contributed by atoms with Crippen molar-refractivity contribution in [1.82, 2.24) is 10.4 Å². The molecule has 1 amide bonds. The first-order valence-electron chi connectivity index (χ1n) is 7.59. The van der Waals surface area contributed by atoms with Gasteiger partial charge in [-0.3, -0.25) is 0 Å².